The van der Waals surface area contributed by atoms with E-state index in [0.717, 1.165) is 0 Å². The summed E-state index contributed by atoms with van der Waals surface area (Å²) >= 11 is 6.18. The molecule has 1 aliphatic heterocycles. The molecule has 3 aromatic carbocycles. The van der Waals surface area contributed by atoms with Gasteiger partial charge in [0.25, 0.3) is 15.9 Å². The highest BCUT2D eigenvalue weighted by molar-refractivity contribution is 7.93. The average Bonchev–Trinajstić information content (AvgIpc) is 2.90. The van der Waals surface area contributed by atoms with Crippen LogP contribution < -0.4 is 4.72 Å². The number of carbonyl (C=O) groups is 1. The number of amides is 1. The molecule has 1 amide bonds. The summed E-state index contributed by atoms with van der Waals surface area (Å²) in [4.78, 5) is 18.9. The van der Waals surface area contributed by atoms with Crippen LogP contribution in [0.3, 0.4) is 0 Å². The van der Waals surface area contributed by atoms with Crippen molar-refractivity contribution in [2.45, 2.75) is 23.3 Å². The minimum Gasteiger partial charge on any atom is -0.385 e. The molecule has 0 atom stereocenters. The van der Waals surface area contributed by atoms with Gasteiger partial charge < -0.3 is 10.0 Å². The van der Waals surface area contributed by atoms with Crippen molar-refractivity contribution in [3.8, 4) is 0 Å². The molecule has 1 aliphatic rings. The quantitative estimate of drug-likeness (QED) is 0.374. The molecule has 4 aromatic rings. The van der Waals surface area contributed by atoms with Gasteiger partial charge in [-0.2, -0.15) is 0 Å². The van der Waals surface area contributed by atoms with Gasteiger partial charge in [0.05, 0.1) is 11.1 Å². The largest absolute Gasteiger partial charge is 0.385 e. The van der Waals surface area contributed by atoms with Crippen molar-refractivity contribution in [3.05, 3.63) is 101 Å². The molecule has 1 fully saturated rings. The van der Waals surface area contributed by atoms with Gasteiger partial charge in [0.15, 0.2) is 0 Å². The Labute approximate surface area is 218 Å². The van der Waals surface area contributed by atoms with Gasteiger partial charge in [0, 0.05) is 46.5 Å². The average molecular weight is 540 g/mol. The van der Waals surface area contributed by atoms with Gasteiger partial charge >= 0.3 is 0 Å². The third-order valence-corrected chi connectivity index (χ3v) is 8.32. The fraction of sp³-hybridized carbons (Fsp3) is 0.185. The molecule has 0 bridgehead atoms. The van der Waals surface area contributed by atoms with Crippen molar-refractivity contribution in [3.63, 3.8) is 0 Å². The van der Waals surface area contributed by atoms with Crippen molar-refractivity contribution in [2.24, 2.45) is 0 Å². The van der Waals surface area contributed by atoms with E-state index >= 15 is 0 Å². The molecule has 0 spiro atoms. The minimum atomic E-state index is -3.91. The summed E-state index contributed by atoms with van der Waals surface area (Å²) in [6.07, 6.45) is 1.95. The highest BCUT2D eigenvalue weighted by Gasteiger charge is 2.37. The molecule has 0 saturated carbocycles. The Morgan fingerprint density at radius 1 is 1.03 bits per heavy atom. The molecule has 7 nitrogen and oxygen atoms in total. The number of rotatable bonds is 5. The Morgan fingerprint density at radius 3 is 2.46 bits per heavy atom. The zero-order valence-corrected chi connectivity index (χ0v) is 21.1. The lowest BCUT2D eigenvalue weighted by molar-refractivity contribution is -0.0212. The molecule has 190 valence electrons. The van der Waals surface area contributed by atoms with E-state index in [1.807, 2.05) is 0 Å². The van der Waals surface area contributed by atoms with Gasteiger partial charge in [-0.05, 0) is 67.4 Å². The molecular formula is C27H23ClFN3O4S. The highest BCUT2D eigenvalue weighted by atomic mass is 35.5. The number of hydrogen-bond donors (Lipinski definition) is 2. The topological polar surface area (TPSA) is 99.6 Å². The molecule has 2 heterocycles. The van der Waals surface area contributed by atoms with Crippen molar-refractivity contribution < 1.29 is 22.7 Å². The summed E-state index contributed by atoms with van der Waals surface area (Å²) < 4.78 is 42.3. The summed E-state index contributed by atoms with van der Waals surface area (Å²) in [5.74, 6) is -0.737. The van der Waals surface area contributed by atoms with Gasteiger partial charge in [-0.15, -0.1) is 0 Å². The molecule has 1 saturated heterocycles. The number of anilines is 1. The fourth-order valence-electron chi connectivity index (χ4n) is 4.57. The summed E-state index contributed by atoms with van der Waals surface area (Å²) in [5, 5.41) is 12.1. The number of fused-ring (bicyclic) bond motifs is 1. The van der Waals surface area contributed by atoms with Crippen LogP contribution in [0.25, 0.3) is 10.9 Å². The number of piperidine rings is 1. The Balaban J connectivity index is 1.27. The predicted molar refractivity (Wildman–Crippen MR) is 139 cm³/mol. The number of aliphatic hydroxyl groups is 1. The van der Waals surface area contributed by atoms with Crippen molar-refractivity contribution >= 4 is 44.1 Å². The van der Waals surface area contributed by atoms with Gasteiger partial charge in [-0.25, -0.2) is 12.8 Å². The molecule has 37 heavy (non-hydrogen) atoms. The normalized spacial score (nSPS) is 15.5. The van der Waals surface area contributed by atoms with E-state index in [0.29, 0.717) is 27.7 Å². The number of likely N-dealkylation sites (tertiary alicyclic amines) is 1. The molecular weight excluding hydrogens is 517 g/mol. The first-order chi connectivity index (χ1) is 17.7. The van der Waals surface area contributed by atoms with E-state index in [-0.39, 0.29) is 41.8 Å². The number of sulfonamides is 1. The Hall–Kier alpha value is -3.53. The molecule has 0 unspecified atom stereocenters. The zero-order valence-electron chi connectivity index (χ0n) is 19.6. The lowest BCUT2D eigenvalue weighted by atomic mass is 9.84. The fourth-order valence-corrected chi connectivity index (χ4v) is 6.10. The van der Waals surface area contributed by atoms with Crippen LogP contribution >= 0.6 is 11.6 Å². The SMILES string of the molecule is O=C(c1ccc(NS(=O)(=O)c2cccc3cccnc23)cc1)N1CCC(O)(c2cc(F)ccc2Cl)CC1. The number of hydrogen-bond acceptors (Lipinski definition) is 5. The third-order valence-electron chi connectivity index (χ3n) is 6.58. The van der Waals surface area contributed by atoms with Crippen LogP contribution in [0.5, 0.6) is 0 Å². The Morgan fingerprint density at radius 2 is 1.73 bits per heavy atom. The molecule has 2 N–H and O–H groups in total. The van der Waals surface area contributed by atoms with Gasteiger partial charge in [0.1, 0.15) is 10.7 Å². The molecule has 10 heteroatoms. The lowest BCUT2D eigenvalue weighted by Gasteiger charge is -2.39. The van der Waals surface area contributed by atoms with Crippen LogP contribution in [0.1, 0.15) is 28.8 Å². The summed E-state index contributed by atoms with van der Waals surface area (Å²) in [5.41, 5.74) is 0.0459. The second-order valence-electron chi connectivity index (χ2n) is 8.96. The van der Waals surface area contributed by atoms with Gasteiger partial charge in [-0.1, -0.05) is 29.8 Å². The van der Waals surface area contributed by atoms with Crippen molar-refractivity contribution in [1.29, 1.82) is 0 Å². The standard InChI is InChI=1S/C27H23ClFN3O4S/c28-23-11-8-20(29)17-22(23)27(34)12-15-32(16-13-27)26(33)19-6-9-21(10-7-19)31-37(35,36)24-5-1-3-18-4-2-14-30-25(18)24/h1-11,14,17,31,34H,12-13,15-16H2. The van der Waals surface area contributed by atoms with E-state index in [4.69, 9.17) is 11.6 Å². The van der Waals surface area contributed by atoms with Crippen LogP contribution in [-0.2, 0) is 15.6 Å². The van der Waals surface area contributed by atoms with Gasteiger partial charge in [0.2, 0.25) is 0 Å². The number of aromatic nitrogens is 1. The number of nitrogens with one attached hydrogen (secondary N) is 1. The minimum absolute atomic E-state index is 0.0601. The molecule has 1 aromatic heterocycles. The molecule has 0 radical (unpaired) electrons. The van der Waals surface area contributed by atoms with Crippen LogP contribution in [0.4, 0.5) is 10.1 Å². The summed E-state index contributed by atoms with van der Waals surface area (Å²) in [6, 6.07) is 18.5. The van der Waals surface area contributed by atoms with Crippen LogP contribution in [0.2, 0.25) is 5.02 Å². The van der Waals surface area contributed by atoms with Crippen LogP contribution in [-0.4, -0.2) is 42.4 Å². The van der Waals surface area contributed by atoms with Crippen molar-refractivity contribution in [1.82, 2.24) is 9.88 Å². The smallest absolute Gasteiger partial charge is 0.264 e. The number of benzene rings is 3. The maximum atomic E-state index is 13.7. The molecule has 0 aliphatic carbocycles. The number of para-hydroxylation sites is 1. The van der Waals surface area contributed by atoms with E-state index in [9.17, 15) is 22.7 Å². The lowest BCUT2D eigenvalue weighted by Crippen LogP contribution is -2.45. The second kappa shape index (κ2) is 9.74. The first kappa shape index (κ1) is 25.1. The van der Waals surface area contributed by atoms with E-state index < -0.39 is 21.4 Å². The number of carbonyl (C=O) groups excluding carboxylic acids is 1. The Bertz CT molecular complexity index is 1580. The van der Waals surface area contributed by atoms with Gasteiger partial charge in [-0.3, -0.25) is 14.5 Å². The zero-order chi connectivity index (χ0) is 26.2. The maximum absolute atomic E-state index is 13.7. The first-order valence-electron chi connectivity index (χ1n) is 11.6. The highest BCUT2D eigenvalue weighted by Crippen LogP contribution is 2.37. The van der Waals surface area contributed by atoms with E-state index in [2.05, 4.69) is 9.71 Å². The predicted octanol–water partition coefficient (Wildman–Crippen LogP) is 4.95. The van der Waals surface area contributed by atoms with E-state index in [1.165, 1.54) is 42.6 Å². The van der Waals surface area contributed by atoms with E-state index in [1.54, 1.807) is 41.3 Å². The Kier molecular flexibility index (Phi) is 6.61. The number of nitrogens with zero attached hydrogens (tertiary/aromatic N) is 2. The first-order valence-corrected chi connectivity index (χ1v) is 13.5. The number of pyridine rings is 1. The second-order valence-corrected chi connectivity index (χ2v) is 11.0. The summed E-state index contributed by atoms with van der Waals surface area (Å²) in [7, 11) is -3.91. The number of halogens is 2. The molecule has 5 rings (SSSR count). The third kappa shape index (κ3) is 5.02. The monoisotopic (exact) mass is 539 g/mol. The summed E-state index contributed by atoms with van der Waals surface area (Å²) in [6.45, 7) is 0.509. The van der Waals surface area contributed by atoms with Crippen LogP contribution in [0, 0.1) is 5.82 Å². The van der Waals surface area contributed by atoms with Crippen LogP contribution in [0.15, 0.2) is 83.9 Å². The van der Waals surface area contributed by atoms with Crippen molar-refractivity contribution in [2.75, 3.05) is 17.8 Å². The maximum Gasteiger partial charge on any atom is 0.264 e.